The summed E-state index contributed by atoms with van der Waals surface area (Å²) < 4.78 is 1.09. The van der Waals surface area contributed by atoms with E-state index in [2.05, 4.69) is 4.98 Å². The highest BCUT2D eigenvalue weighted by Crippen LogP contribution is 2.32. The summed E-state index contributed by atoms with van der Waals surface area (Å²) in [5, 5.41) is 9.67. The minimum Gasteiger partial charge on any atom is -0.477 e. The van der Waals surface area contributed by atoms with Gasteiger partial charge < -0.3 is 5.11 Å². The summed E-state index contributed by atoms with van der Waals surface area (Å²) in [7, 11) is 0. The Hall–Kier alpha value is -2.63. The third kappa shape index (κ3) is 2.84. The molecule has 2 N–H and O–H groups in total. The molecule has 1 aliphatic carbocycles. The van der Waals surface area contributed by atoms with Gasteiger partial charge in [0.1, 0.15) is 5.69 Å². The smallest absolute Gasteiger partial charge is 0.353 e. The lowest BCUT2D eigenvalue weighted by Gasteiger charge is -2.23. The van der Waals surface area contributed by atoms with Crippen molar-refractivity contribution >= 4 is 5.97 Å². The SMILES string of the molecule is O=C(O)c1c(C2CCCCC2)c(=O)[nH]c(=O)n1-c1ccccc1. The first-order valence-electron chi connectivity index (χ1n) is 7.77. The van der Waals surface area contributed by atoms with Gasteiger partial charge in [-0.2, -0.15) is 0 Å². The van der Waals surface area contributed by atoms with Crippen molar-refractivity contribution in [2.45, 2.75) is 38.0 Å². The fraction of sp³-hybridized carbons (Fsp3) is 0.353. The largest absolute Gasteiger partial charge is 0.477 e. The van der Waals surface area contributed by atoms with E-state index in [9.17, 15) is 19.5 Å². The van der Waals surface area contributed by atoms with Gasteiger partial charge in [0.2, 0.25) is 0 Å². The zero-order valence-corrected chi connectivity index (χ0v) is 12.6. The van der Waals surface area contributed by atoms with Crippen LogP contribution in [0, 0.1) is 0 Å². The normalized spacial score (nSPS) is 15.5. The molecule has 0 atom stereocenters. The molecule has 1 aliphatic rings. The van der Waals surface area contributed by atoms with Crippen LogP contribution in [0.15, 0.2) is 39.9 Å². The first kappa shape index (κ1) is 15.3. The number of hydrogen-bond donors (Lipinski definition) is 2. The Kier molecular flexibility index (Phi) is 4.14. The average molecular weight is 314 g/mol. The van der Waals surface area contributed by atoms with E-state index in [4.69, 9.17) is 0 Å². The lowest BCUT2D eigenvalue weighted by molar-refractivity contribution is 0.0683. The first-order valence-corrected chi connectivity index (χ1v) is 7.77. The number of benzene rings is 1. The summed E-state index contributed by atoms with van der Waals surface area (Å²) in [6.45, 7) is 0. The van der Waals surface area contributed by atoms with E-state index in [1.54, 1.807) is 30.3 Å². The molecule has 120 valence electrons. The molecule has 1 fully saturated rings. The molecule has 0 spiro atoms. The van der Waals surface area contributed by atoms with Gasteiger partial charge >= 0.3 is 11.7 Å². The second-order valence-electron chi connectivity index (χ2n) is 5.83. The van der Waals surface area contributed by atoms with Gasteiger partial charge in [0.05, 0.1) is 11.3 Å². The second kappa shape index (κ2) is 6.24. The molecule has 1 saturated carbocycles. The Morgan fingerprint density at radius 2 is 1.74 bits per heavy atom. The van der Waals surface area contributed by atoms with Crippen molar-refractivity contribution in [1.82, 2.24) is 9.55 Å². The topological polar surface area (TPSA) is 92.2 Å². The molecule has 1 heterocycles. The van der Waals surface area contributed by atoms with Gasteiger partial charge in [-0.05, 0) is 30.9 Å². The van der Waals surface area contributed by atoms with Crippen LogP contribution in [0.25, 0.3) is 5.69 Å². The average Bonchev–Trinajstić information content (AvgIpc) is 2.55. The number of hydrogen-bond acceptors (Lipinski definition) is 3. The van der Waals surface area contributed by atoms with E-state index in [0.717, 1.165) is 36.7 Å². The van der Waals surface area contributed by atoms with Gasteiger partial charge in [-0.25, -0.2) is 9.59 Å². The second-order valence-corrected chi connectivity index (χ2v) is 5.83. The van der Waals surface area contributed by atoms with Crippen LogP contribution in [-0.2, 0) is 0 Å². The molecule has 2 aromatic rings. The van der Waals surface area contributed by atoms with Crippen LogP contribution in [0.3, 0.4) is 0 Å². The fourth-order valence-corrected chi connectivity index (χ4v) is 3.35. The molecule has 6 heteroatoms. The summed E-state index contributed by atoms with van der Waals surface area (Å²) >= 11 is 0. The molecule has 3 rings (SSSR count). The summed E-state index contributed by atoms with van der Waals surface area (Å²) in [5.74, 6) is -1.37. The number of nitrogens with zero attached hydrogens (tertiary/aromatic N) is 1. The zero-order valence-electron chi connectivity index (χ0n) is 12.6. The number of para-hydroxylation sites is 1. The highest BCUT2D eigenvalue weighted by atomic mass is 16.4. The molecule has 0 radical (unpaired) electrons. The number of aromatic amines is 1. The van der Waals surface area contributed by atoms with Crippen LogP contribution in [0.2, 0.25) is 0 Å². The Balaban J connectivity index is 2.30. The maximum Gasteiger partial charge on any atom is 0.353 e. The number of carboxylic acids is 1. The summed E-state index contributed by atoms with van der Waals surface area (Å²) in [6.07, 6.45) is 4.57. The third-order valence-corrected chi connectivity index (χ3v) is 4.38. The Labute approximate surface area is 132 Å². The zero-order chi connectivity index (χ0) is 16.4. The van der Waals surface area contributed by atoms with Crippen molar-refractivity contribution in [2.24, 2.45) is 0 Å². The predicted octanol–water partition coefficient (Wildman–Crippen LogP) is 2.27. The Morgan fingerprint density at radius 1 is 1.09 bits per heavy atom. The highest BCUT2D eigenvalue weighted by Gasteiger charge is 2.28. The fourth-order valence-electron chi connectivity index (χ4n) is 3.35. The van der Waals surface area contributed by atoms with E-state index in [1.807, 2.05) is 0 Å². The third-order valence-electron chi connectivity index (χ3n) is 4.38. The van der Waals surface area contributed by atoms with Crippen molar-refractivity contribution in [3.63, 3.8) is 0 Å². The molecule has 0 bridgehead atoms. The van der Waals surface area contributed by atoms with Crippen molar-refractivity contribution in [3.05, 3.63) is 62.4 Å². The number of rotatable bonds is 3. The van der Waals surface area contributed by atoms with E-state index in [1.165, 1.54) is 0 Å². The molecule has 1 aromatic carbocycles. The first-order chi connectivity index (χ1) is 11.1. The molecule has 6 nitrogen and oxygen atoms in total. The molecular weight excluding hydrogens is 296 g/mol. The molecule has 0 saturated heterocycles. The van der Waals surface area contributed by atoms with Crippen LogP contribution in [0.5, 0.6) is 0 Å². The molecule has 0 amide bonds. The monoisotopic (exact) mass is 314 g/mol. The van der Waals surface area contributed by atoms with Crippen molar-refractivity contribution in [1.29, 1.82) is 0 Å². The molecule has 0 aliphatic heterocycles. The van der Waals surface area contributed by atoms with Crippen molar-refractivity contribution < 1.29 is 9.90 Å². The van der Waals surface area contributed by atoms with E-state index in [0.29, 0.717) is 5.69 Å². The maximum absolute atomic E-state index is 12.3. The molecule has 23 heavy (non-hydrogen) atoms. The van der Waals surface area contributed by atoms with Crippen LogP contribution in [0.4, 0.5) is 0 Å². The van der Waals surface area contributed by atoms with Gasteiger partial charge in [-0.1, -0.05) is 37.5 Å². The standard InChI is InChI=1S/C17H18N2O4/c20-15-13(11-7-3-1-4-8-11)14(16(21)22)19(17(23)18-15)12-9-5-2-6-10-12/h2,5-6,9-11H,1,3-4,7-8H2,(H,21,22)(H,18,20,23). The van der Waals surface area contributed by atoms with Gasteiger partial charge in [0.25, 0.3) is 5.56 Å². The van der Waals surface area contributed by atoms with Crippen LogP contribution in [0.1, 0.15) is 54.1 Å². The van der Waals surface area contributed by atoms with E-state index in [-0.39, 0.29) is 17.2 Å². The summed E-state index contributed by atoms with van der Waals surface area (Å²) in [5.41, 5.74) is -0.856. The number of nitrogens with one attached hydrogen (secondary N) is 1. The van der Waals surface area contributed by atoms with Crippen LogP contribution >= 0.6 is 0 Å². The summed E-state index contributed by atoms with van der Waals surface area (Å²) in [6, 6.07) is 8.52. The number of aromatic nitrogens is 2. The Morgan fingerprint density at radius 3 is 2.35 bits per heavy atom. The summed E-state index contributed by atoms with van der Waals surface area (Å²) in [4.78, 5) is 38.7. The quantitative estimate of drug-likeness (QED) is 0.909. The van der Waals surface area contributed by atoms with Crippen LogP contribution < -0.4 is 11.2 Å². The van der Waals surface area contributed by atoms with E-state index < -0.39 is 17.2 Å². The van der Waals surface area contributed by atoms with Crippen molar-refractivity contribution in [3.8, 4) is 5.69 Å². The van der Waals surface area contributed by atoms with Crippen LogP contribution in [-0.4, -0.2) is 20.6 Å². The number of H-pyrrole nitrogens is 1. The molecule has 1 aromatic heterocycles. The minimum absolute atomic E-state index is 0.117. The maximum atomic E-state index is 12.3. The highest BCUT2D eigenvalue weighted by molar-refractivity contribution is 5.88. The van der Waals surface area contributed by atoms with Gasteiger partial charge in [0, 0.05) is 0 Å². The van der Waals surface area contributed by atoms with Crippen molar-refractivity contribution in [2.75, 3.05) is 0 Å². The lowest BCUT2D eigenvalue weighted by atomic mass is 9.83. The van der Waals surface area contributed by atoms with E-state index >= 15 is 0 Å². The predicted molar refractivity (Wildman–Crippen MR) is 85.4 cm³/mol. The van der Waals surface area contributed by atoms with Gasteiger partial charge in [-0.15, -0.1) is 0 Å². The number of carbonyl (C=O) groups is 1. The van der Waals surface area contributed by atoms with Gasteiger partial charge in [0.15, 0.2) is 0 Å². The molecule has 0 unspecified atom stereocenters. The number of aromatic carboxylic acids is 1. The molecular formula is C17H18N2O4. The Bertz CT molecular complexity index is 830. The van der Waals surface area contributed by atoms with Gasteiger partial charge in [-0.3, -0.25) is 14.3 Å². The minimum atomic E-state index is -1.25. The number of carboxylic acid groups (broad SMARTS) is 1. The lowest BCUT2D eigenvalue weighted by Crippen LogP contribution is -2.37.